The SMILES string of the molecule is CC(=O)c1cn(CCC(=O)Nc2ccc3cc[nH]c3c2)c2ccccc12. The van der Waals surface area contributed by atoms with Crippen molar-refractivity contribution in [3.63, 3.8) is 0 Å². The molecule has 4 aromatic rings. The Hall–Kier alpha value is -3.34. The average molecular weight is 345 g/mol. The average Bonchev–Trinajstić information content (AvgIpc) is 3.24. The molecule has 2 N–H and O–H groups in total. The number of rotatable bonds is 5. The number of aromatic amines is 1. The van der Waals surface area contributed by atoms with E-state index in [1.165, 1.54) is 0 Å². The summed E-state index contributed by atoms with van der Waals surface area (Å²) in [5.41, 5.74) is 3.42. The lowest BCUT2D eigenvalue weighted by molar-refractivity contribution is -0.116. The van der Waals surface area contributed by atoms with Crippen molar-refractivity contribution >= 4 is 39.2 Å². The van der Waals surface area contributed by atoms with Crippen LogP contribution in [0.1, 0.15) is 23.7 Å². The maximum absolute atomic E-state index is 12.3. The number of nitrogens with zero attached hydrogens (tertiary/aromatic N) is 1. The molecule has 0 bridgehead atoms. The van der Waals surface area contributed by atoms with E-state index in [1.54, 1.807) is 6.92 Å². The molecule has 2 aromatic heterocycles. The number of hydrogen-bond donors (Lipinski definition) is 2. The van der Waals surface area contributed by atoms with Crippen LogP contribution in [0.15, 0.2) is 60.9 Å². The molecule has 0 aliphatic carbocycles. The highest BCUT2D eigenvalue weighted by Crippen LogP contribution is 2.22. The topological polar surface area (TPSA) is 66.9 Å². The van der Waals surface area contributed by atoms with Crippen LogP contribution in [0.25, 0.3) is 21.8 Å². The molecule has 0 fully saturated rings. The van der Waals surface area contributed by atoms with E-state index in [2.05, 4.69) is 10.3 Å². The molecule has 0 unspecified atom stereocenters. The van der Waals surface area contributed by atoms with Crippen molar-refractivity contribution < 1.29 is 9.59 Å². The maximum Gasteiger partial charge on any atom is 0.226 e. The van der Waals surface area contributed by atoms with E-state index < -0.39 is 0 Å². The number of fused-ring (bicyclic) bond motifs is 2. The van der Waals surface area contributed by atoms with Crippen LogP contribution in [-0.4, -0.2) is 21.2 Å². The zero-order chi connectivity index (χ0) is 18.1. The summed E-state index contributed by atoms with van der Waals surface area (Å²) in [4.78, 5) is 27.3. The van der Waals surface area contributed by atoms with E-state index in [4.69, 9.17) is 0 Å². The molecule has 5 nitrogen and oxygen atoms in total. The normalized spacial score (nSPS) is 11.1. The second-order valence-corrected chi connectivity index (χ2v) is 6.39. The molecule has 4 rings (SSSR count). The molecule has 1 amide bonds. The predicted octanol–water partition coefficient (Wildman–Crippen LogP) is 4.35. The number of para-hydroxylation sites is 1. The van der Waals surface area contributed by atoms with Crippen molar-refractivity contribution in [2.45, 2.75) is 19.9 Å². The summed E-state index contributed by atoms with van der Waals surface area (Å²) in [5, 5.41) is 4.97. The van der Waals surface area contributed by atoms with Crippen molar-refractivity contribution in [3.05, 3.63) is 66.5 Å². The number of H-pyrrole nitrogens is 1. The predicted molar refractivity (Wildman–Crippen MR) is 103 cm³/mol. The second kappa shape index (κ2) is 6.52. The van der Waals surface area contributed by atoms with E-state index in [0.717, 1.165) is 27.5 Å². The molecular weight excluding hydrogens is 326 g/mol. The van der Waals surface area contributed by atoms with Crippen LogP contribution in [0.2, 0.25) is 0 Å². The lowest BCUT2D eigenvalue weighted by Crippen LogP contribution is -2.14. The minimum absolute atomic E-state index is 0.0312. The minimum atomic E-state index is -0.0573. The summed E-state index contributed by atoms with van der Waals surface area (Å²) in [6, 6.07) is 15.5. The summed E-state index contributed by atoms with van der Waals surface area (Å²) in [5.74, 6) is -0.0262. The van der Waals surface area contributed by atoms with Gasteiger partial charge in [0.15, 0.2) is 5.78 Å². The van der Waals surface area contributed by atoms with Gasteiger partial charge in [-0.05, 0) is 36.6 Å². The highest BCUT2D eigenvalue weighted by molar-refractivity contribution is 6.07. The molecule has 130 valence electrons. The first-order chi connectivity index (χ1) is 12.6. The summed E-state index contributed by atoms with van der Waals surface area (Å²) < 4.78 is 1.97. The first-order valence-electron chi connectivity index (χ1n) is 8.57. The van der Waals surface area contributed by atoms with Crippen molar-refractivity contribution in [3.8, 4) is 0 Å². The fraction of sp³-hybridized carbons (Fsp3) is 0.143. The van der Waals surface area contributed by atoms with Crippen LogP contribution in [0, 0.1) is 0 Å². The molecule has 2 aromatic carbocycles. The number of nitrogens with one attached hydrogen (secondary N) is 2. The molecule has 2 heterocycles. The smallest absolute Gasteiger partial charge is 0.226 e. The first-order valence-corrected chi connectivity index (χ1v) is 8.57. The number of aromatic nitrogens is 2. The zero-order valence-electron chi connectivity index (χ0n) is 14.5. The number of ketones is 1. The fourth-order valence-corrected chi connectivity index (χ4v) is 3.28. The highest BCUT2D eigenvalue weighted by atomic mass is 16.1. The Morgan fingerprint density at radius 2 is 1.96 bits per heavy atom. The molecule has 5 heteroatoms. The number of carbonyl (C=O) groups excluding carboxylic acids is 2. The van der Waals surface area contributed by atoms with Crippen LogP contribution in [0.4, 0.5) is 5.69 Å². The second-order valence-electron chi connectivity index (χ2n) is 6.39. The number of Topliss-reactive ketones (excluding diaryl/α,β-unsaturated/α-hetero) is 1. The van der Waals surface area contributed by atoms with Gasteiger partial charge in [-0.2, -0.15) is 0 Å². The van der Waals surface area contributed by atoms with E-state index in [1.807, 2.05) is 65.5 Å². The van der Waals surface area contributed by atoms with Crippen molar-refractivity contribution in [1.29, 1.82) is 0 Å². The third-order valence-electron chi connectivity index (χ3n) is 4.59. The van der Waals surface area contributed by atoms with E-state index in [0.29, 0.717) is 18.5 Å². The molecule has 0 aliphatic heterocycles. The third kappa shape index (κ3) is 2.99. The number of carbonyl (C=O) groups is 2. The monoisotopic (exact) mass is 345 g/mol. The largest absolute Gasteiger partial charge is 0.361 e. The van der Waals surface area contributed by atoms with Crippen molar-refractivity contribution in [2.24, 2.45) is 0 Å². The van der Waals surface area contributed by atoms with Gasteiger partial charge >= 0.3 is 0 Å². The van der Waals surface area contributed by atoms with Gasteiger partial charge < -0.3 is 14.9 Å². The lowest BCUT2D eigenvalue weighted by Gasteiger charge is -2.07. The minimum Gasteiger partial charge on any atom is -0.361 e. The van der Waals surface area contributed by atoms with Crippen molar-refractivity contribution in [1.82, 2.24) is 9.55 Å². The summed E-state index contributed by atoms with van der Waals surface area (Å²) in [6.45, 7) is 2.08. The molecule has 0 spiro atoms. The van der Waals surface area contributed by atoms with Gasteiger partial charge in [0, 0.05) is 53.0 Å². The fourth-order valence-electron chi connectivity index (χ4n) is 3.28. The van der Waals surface area contributed by atoms with E-state index >= 15 is 0 Å². The van der Waals surface area contributed by atoms with Gasteiger partial charge in [-0.1, -0.05) is 24.3 Å². The Morgan fingerprint density at radius 1 is 1.12 bits per heavy atom. The Balaban J connectivity index is 1.49. The Labute approximate surface area is 150 Å². The van der Waals surface area contributed by atoms with Gasteiger partial charge in [-0.15, -0.1) is 0 Å². The highest BCUT2D eigenvalue weighted by Gasteiger charge is 2.12. The van der Waals surface area contributed by atoms with E-state index in [9.17, 15) is 9.59 Å². The maximum atomic E-state index is 12.3. The van der Waals surface area contributed by atoms with Crippen LogP contribution in [0.5, 0.6) is 0 Å². The van der Waals surface area contributed by atoms with Crippen LogP contribution < -0.4 is 5.32 Å². The van der Waals surface area contributed by atoms with Gasteiger partial charge in [-0.25, -0.2) is 0 Å². The number of amides is 1. The van der Waals surface area contributed by atoms with Gasteiger partial charge in [0.05, 0.1) is 0 Å². The molecule has 0 saturated heterocycles. The van der Waals surface area contributed by atoms with Gasteiger partial charge in [0.25, 0.3) is 0 Å². The molecule has 0 saturated carbocycles. The van der Waals surface area contributed by atoms with Gasteiger partial charge in [0.1, 0.15) is 0 Å². The quantitative estimate of drug-likeness (QED) is 0.528. The molecule has 0 atom stereocenters. The molecule has 26 heavy (non-hydrogen) atoms. The first kappa shape index (κ1) is 16.1. The molecule has 0 aliphatic rings. The number of anilines is 1. The standard InChI is InChI=1S/C21H19N3O2/c1-14(25)18-13-24(20-5-3-2-4-17(18)20)11-9-21(26)23-16-7-6-15-8-10-22-19(15)12-16/h2-8,10,12-13,22H,9,11H2,1H3,(H,23,26). The summed E-state index contributed by atoms with van der Waals surface area (Å²) in [7, 11) is 0. The zero-order valence-corrected chi connectivity index (χ0v) is 14.5. The van der Waals surface area contributed by atoms with Crippen LogP contribution in [0.3, 0.4) is 0 Å². The van der Waals surface area contributed by atoms with Gasteiger partial charge in [-0.3, -0.25) is 9.59 Å². The Morgan fingerprint density at radius 3 is 2.81 bits per heavy atom. The lowest BCUT2D eigenvalue weighted by atomic mass is 10.1. The third-order valence-corrected chi connectivity index (χ3v) is 4.59. The van der Waals surface area contributed by atoms with E-state index in [-0.39, 0.29) is 11.7 Å². The number of aryl methyl sites for hydroxylation is 1. The number of hydrogen-bond acceptors (Lipinski definition) is 2. The Bertz CT molecular complexity index is 1120. The summed E-state index contributed by atoms with van der Waals surface area (Å²) >= 11 is 0. The van der Waals surface area contributed by atoms with Crippen LogP contribution in [-0.2, 0) is 11.3 Å². The van der Waals surface area contributed by atoms with Gasteiger partial charge in [0.2, 0.25) is 5.91 Å². The molecular formula is C21H19N3O2. The molecule has 0 radical (unpaired) electrons. The van der Waals surface area contributed by atoms with Crippen molar-refractivity contribution in [2.75, 3.05) is 5.32 Å². The number of benzene rings is 2. The van der Waals surface area contributed by atoms with Crippen LogP contribution >= 0.6 is 0 Å². The summed E-state index contributed by atoms with van der Waals surface area (Å²) in [6.07, 6.45) is 4.05. The Kier molecular flexibility index (Phi) is 4.05.